The second-order valence-electron chi connectivity index (χ2n) is 6.74. The maximum absolute atomic E-state index is 12.6. The molecular weight excluding hydrogens is 366 g/mol. The molecule has 1 amide bonds. The highest BCUT2D eigenvalue weighted by molar-refractivity contribution is 6.08. The van der Waals surface area contributed by atoms with Gasteiger partial charge in [-0.15, -0.1) is 0 Å². The van der Waals surface area contributed by atoms with E-state index < -0.39 is 5.97 Å². The lowest BCUT2D eigenvalue weighted by atomic mass is 10.0. The summed E-state index contributed by atoms with van der Waals surface area (Å²) in [6, 6.07) is 17.4. The van der Waals surface area contributed by atoms with E-state index in [1.165, 1.54) is 20.3 Å². The molecule has 0 aromatic heterocycles. The molecule has 0 radical (unpaired) electrons. The number of carbonyl (C=O) groups is 2. The summed E-state index contributed by atoms with van der Waals surface area (Å²) in [7, 11) is 2.82. The van der Waals surface area contributed by atoms with Crippen molar-refractivity contribution in [2.75, 3.05) is 19.5 Å². The van der Waals surface area contributed by atoms with E-state index in [1.54, 1.807) is 12.1 Å². The van der Waals surface area contributed by atoms with Gasteiger partial charge in [0.05, 0.1) is 25.5 Å². The summed E-state index contributed by atoms with van der Waals surface area (Å²) >= 11 is 0. The molecule has 0 spiro atoms. The Kier molecular flexibility index (Phi) is 5.98. The Balaban J connectivity index is 1.89. The first-order valence-corrected chi connectivity index (χ1v) is 9.18. The van der Waals surface area contributed by atoms with E-state index in [4.69, 9.17) is 9.47 Å². The summed E-state index contributed by atoms with van der Waals surface area (Å²) in [5, 5.41) is 5.04. The van der Waals surface area contributed by atoms with E-state index in [-0.39, 0.29) is 11.5 Å². The smallest absolute Gasteiger partial charge is 0.340 e. The zero-order valence-electron chi connectivity index (χ0n) is 16.9. The summed E-state index contributed by atoms with van der Waals surface area (Å²) in [6.45, 7) is 3.72. The molecule has 0 aliphatic carbocycles. The number of fused-ring (bicyclic) bond motifs is 1. The predicted octanol–water partition coefficient (Wildman–Crippen LogP) is 4.99. The molecule has 1 N–H and O–H groups in total. The molecule has 5 heteroatoms. The third-order valence-corrected chi connectivity index (χ3v) is 4.75. The van der Waals surface area contributed by atoms with Gasteiger partial charge in [0.1, 0.15) is 5.75 Å². The average molecular weight is 389 g/mol. The Bertz CT molecular complexity index is 1120. The van der Waals surface area contributed by atoms with Crippen LogP contribution in [0, 0.1) is 6.92 Å². The standard InChI is InChI=1S/C24H23NO4/c1-15(18-10-9-17-7-5-6-8-19(17)13-18)12-23(26)25-21-11-16(2)22(28-3)14-20(21)24(27)29-4/h5-14H,1-4H3,(H,25,26)/b15-12-. The van der Waals surface area contributed by atoms with Crippen LogP contribution >= 0.6 is 0 Å². The van der Waals surface area contributed by atoms with E-state index in [0.717, 1.165) is 27.5 Å². The molecule has 0 atom stereocenters. The first kappa shape index (κ1) is 20.1. The first-order chi connectivity index (χ1) is 13.9. The number of aryl methyl sites for hydroxylation is 1. The van der Waals surface area contributed by atoms with Gasteiger partial charge >= 0.3 is 5.97 Å². The minimum absolute atomic E-state index is 0.236. The van der Waals surface area contributed by atoms with E-state index in [9.17, 15) is 9.59 Å². The number of benzene rings is 3. The summed E-state index contributed by atoms with van der Waals surface area (Å²) in [4.78, 5) is 24.7. The van der Waals surface area contributed by atoms with Crippen molar-refractivity contribution < 1.29 is 19.1 Å². The maximum Gasteiger partial charge on any atom is 0.340 e. The largest absolute Gasteiger partial charge is 0.496 e. The lowest BCUT2D eigenvalue weighted by molar-refractivity contribution is -0.111. The van der Waals surface area contributed by atoms with Crippen LogP contribution in [0.15, 0.2) is 60.7 Å². The molecule has 0 saturated heterocycles. The van der Waals surface area contributed by atoms with Crippen LogP contribution in [-0.2, 0) is 9.53 Å². The molecule has 5 nitrogen and oxygen atoms in total. The van der Waals surface area contributed by atoms with Crippen molar-refractivity contribution in [3.8, 4) is 5.75 Å². The summed E-state index contributed by atoms with van der Waals surface area (Å²) in [5.74, 6) is -0.328. The van der Waals surface area contributed by atoms with Crippen LogP contribution in [0.2, 0.25) is 0 Å². The highest BCUT2D eigenvalue weighted by atomic mass is 16.5. The number of methoxy groups -OCH3 is 2. The van der Waals surface area contributed by atoms with Crippen molar-refractivity contribution in [1.29, 1.82) is 0 Å². The SMILES string of the molecule is COC(=O)c1cc(OC)c(C)cc1NC(=O)/C=C(/C)c1ccc2ccccc2c1. The van der Waals surface area contributed by atoms with Crippen molar-refractivity contribution in [2.24, 2.45) is 0 Å². The molecule has 3 aromatic carbocycles. The van der Waals surface area contributed by atoms with Crippen LogP contribution < -0.4 is 10.1 Å². The normalized spacial score (nSPS) is 11.2. The number of rotatable bonds is 5. The molecule has 3 rings (SSSR count). The average Bonchev–Trinajstić information content (AvgIpc) is 2.72. The highest BCUT2D eigenvalue weighted by Gasteiger charge is 2.17. The Morgan fingerprint density at radius 1 is 0.966 bits per heavy atom. The van der Waals surface area contributed by atoms with Gasteiger partial charge in [0.15, 0.2) is 0 Å². The van der Waals surface area contributed by atoms with E-state index in [2.05, 4.69) is 5.32 Å². The molecule has 0 saturated carbocycles. The number of amides is 1. The summed E-state index contributed by atoms with van der Waals surface area (Å²) in [6.07, 6.45) is 1.52. The summed E-state index contributed by atoms with van der Waals surface area (Å²) in [5.41, 5.74) is 3.18. The Morgan fingerprint density at radius 3 is 2.38 bits per heavy atom. The van der Waals surface area contributed by atoms with Crippen molar-refractivity contribution in [1.82, 2.24) is 0 Å². The fourth-order valence-corrected chi connectivity index (χ4v) is 3.17. The van der Waals surface area contributed by atoms with Crippen LogP contribution in [0.25, 0.3) is 16.3 Å². The number of ether oxygens (including phenoxy) is 2. The molecule has 0 aliphatic heterocycles. The molecule has 0 unspecified atom stereocenters. The number of hydrogen-bond donors (Lipinski definition) is 1. The van der Waals surface area contributed by atoms with Gasteiger partial charge in [-0.2, -0.15) is 0 Å². The van der Waals surface area contributed by atoms with Gasteiger partial charge in [0.25, 0.3) is 0 Å². The molecule has 0 fully saturated rings. The van der Waals surface area contributed by atoms with E-state index >= 15 is 0 Å². The van der Waals surface area contributed by atoms with Gasteiger partial charge in [-0.1, -0.05) is 36.4 Å². The number of anilines is 1. The molecule has 0 heterocycles. The molecule has 148 valence electrons. The van der Waals surface area contributed by atoms with Crippen LogP contribution in [-0.4, -0.2) is 26.1 Å². The van der Waals surface area contributed by atoms with Crippen LogP contribution in [0.4, 0.5) is 5.69 Å². The Labute approximate surface area is 170 Å². The number of carbonyl (C=O) groups excluding carboxylic acids is 2. The van der Waals surface area contributed by atoms with Crippen molar-refractivity contribution in [3.05, 3.63) is 77.4 Å². The second kappa shape index (κ2) is 8.61. The molecular formula is C24H23NO4. The molecule has 3 aromatic rings. The van der Waals surface area contributed by atoms with Crippen LogP contribution in [0.5, 0.6) is 5.75 Å². The van der Waals surface area contributed by atoms with E-state index in [0.29, 0.717) is 11.4 Å². The quantitative estimate of drug-likeness (QED) is 0.493. The van der Waals surface area contributed by atoms with Gasteiger partial charge in [0.2, 0.25) is 5.91 Å². The minimum atomic E-state index is -0.547. The monoisotopic (exact) mass is 389 g/mol. The zero-order chi connectivity index (χ0) is 21.0. The third-order valence-electron chi connectivity index (χ3n) is 4.75. The lowest BCUT2D eigenvalue weighted by Gasteiger charge is -2.13. The highest BCUT2D eigenvalue weighted by Crippen LogP contribution is 2.28. The Morgan fingerprint density at radius 2 is 1.69 bits per heavy atom. The van der Waals surface area contributed by atoms with Crippen LogP contribution in [0.1, 0.15) is 28.4 Å². The minimum Gasteiger partial charge on any atom is -0.496 e. The Hall–Kier alpha value is -3.60. The third kappa shape index (κ3) is 4.46. The fraction of sp³-hybridized carbons (Fsp3) is 0.167. The maximum atomic E-state index is 12.6. The summed E-state index contributed by atoms with van der Waals surface area (Å²) < 4.78 is 10.1. The van der Waals surface area contributed by atoms with Crippen molar-refractivity contribution >= 4 is 33.9 Å². The van der Waals surface area contributed by atoms with Crippen molar-refractivity contribution in [2.45, 2.75) is 13.8 Å². The zero-order valence-corrected chi connectivity index (χ0v) is 16.9. The topological polar surface area (TPSA) is 64.6 Å². The van der Waals surface area contributed by atoms with Crippen molar-refractivity contribution in [3.63, 3.8) is 0 Å². The van der Waals surface area contributed by atoms with E-state index in [1.807, 2.05) is 56.3 Å². The van der Waals surface area contributed by atoms with Gasteiger partial charge in [-0.05, 0) is 59.5 Å². The number of nitrogens with one attached hydrogen (secondary N) is 1. The van der Waals surface area contributed by atoms with Gasteiger partial charge in [0, 0.05) is 6.08 Å². The second-order valence-corrected chi connectivity index (χ2v) is 6.74. The number of allylic oxidation sites excluding steroid dienone is 1. The van der Waals surface area contributed by atoms with Gasteiger partial charge < -0.3 is 14.8 Å². The molecule has 0 aliphatic rings. The lowest BCUT2D eigenvalue weighted by Crippen LogP contribution is -2.14. The van der Waals surface area contributed by atoms with Crippen LogP contribution in [0.3, 0.4) is 0 Å². The number of esters is 1. The van der Waals surface area contributed by atoms with Gasteiger partial charge in [-0.25, -0.2) is 4.79 Å². The number of hydrogen-bond acceptors (Lipinski definition) is 4. The molecule has 29 heavy (non-hydrogen) atoms. The van der Waals surface area contributed by atoms with Gasteiger partial charge in [-0.3, -0.25) is 4.79 Å². The predicted molar refractivity (Wildman–Crippen MR) is 115 cm³/mol. The first-order valence-electron chi connectivity index (χ1n) is 9.18. The fourth-order valence-electron chi connectivity index (χ4n) is 3.17. The molecule has 0 bridgehead atoms.